The summed E-state index contributed by atoms with van der Waals surface area (Å²) in [5.74, 6) is 0.544. The molecule has 1 aliphatic heterocycles. The number of nitrogens with one attached hydrogen (secondary N) is 1. The summed E-state index contributed by atoms with van der Waals surface area (Å²) in [6.07, 6.45) is 5.19. The predicted molar refractivity (Wildman–Crippen MR) is 99.1 cm³/mol. The summed E-state index contributed by atoms with van der Waals surface area (Å²) in [7, 11) is 0. The standard InChI is InChI=1S/C19H30N2O.ClH/c1-3-8-18(14-16-9-6-5-7-10-16)21(13-4-2)19(22)17-11-12-20-15-17;/h5-7,9-10,17-18,20H,3-4,8,11-15H2,1-2H3;1H. The van der Waals surface area contributed by atoms with Crippen LogP contribution in [0.25, 0.3) is 0 Å². The Morgan fingerprint density at radius 3 is 2.57 bits per heavy atom. The summed E-state index contributed by atoms with van der Waals surface area (Å²) in [6, 6.07) is 10.9. The van der Waals surface area contributed by atoms with E-state index in [1.807, 2.05) is 0 Å². The first kappa shape index (κ1) is 20.0. The molecule has 3 nitrogen and oxygen atoms in total. The maximum Gasteiger partial charge on any atom is 0.227 e. The molecular formula is C19H31ClN2O. The Bertz CT molecular complexity index is 446. The minimum Gasteiger partial charge on any atom is -0.339 e. The highest BCUT2D eigenvalue weighted by Crippen LogP contribution is 2.20. The van der Waals surface area contributed by atoms with E-state index in [4.69, 9.17) is 0 Å². The molecule has 1 fully saturated rings. The van der Waals surface area contributed by atoms with Gasteiger partial charge in [0.05, 0.1) is 5.92 Å². The van der Waals surface area contributed by atoms with E-state index in [1.54, 1.807) is 0 Å². The molecule has 0 radical (unpaired) electrons. The van der Waals surface area contributed by atoms with Gasteiger partial charge in [-0.1, -0.05) is 50.6 Å². The molecule has 0 aliphatic carbocycles. The fraction of sp³-hybridized carbons (Fsp3) is 0.632. The van der Waals surface area contributed by atoms with Gasteiger partial charge in [-0.3, -0.25) is 4.79 Å². The Balaban J connectivity index is 0.00000264. The van der Waals surface area contributed by atoms with Gasteiger partial charge in [-0.25, -0.2) is 0 Å². The Morgan fingerprint density at radius 2 is 2.00 bits per heavy atom. The Labute approximate surface area is 147 Å². The van der Waals surface area contributed by atoms with Crippen molar-refractivity contribution in [3.63, 3.8) is 0 Å². The Morgan fingerprint density at radius 1 is 1.26 bits per heavy atom. The SMILES string of the molecule is CCCC(Cc1ccccc1)N(CCC)C(=O)C1CCNC1.Cl. The van der Waals surface area contributed by atoms with Gasteiger partial charge in [0.2, 0.25) is 5.91 Å². The second-order valence-corrected chi connectivity index (χ2v) is 6.35. The normalized spacial score (nSPS) is 18.3. The van der Waals surface area contributed by atoms with Gasteiger partial charge in [-0.2, -0.15) is 0 Å². The van der Waals surface area contributed by atoms with Crippen molar-refractivity contribution < 1.29 is 4.79 Å². The van der Waals surface area contributed by atoms with E-state index < -0.39 is 0 Å². The number of hydrogen-bond donors (Lipinski definition) is 1. The van der Waals surface area contributed by atoms with Crippen molar-refractivity contribution in [2.75, 3.05) is 19.6 Å². The molecule has 1 aromatic rings. The molecule has 130 valence electrons. The second-order valence-electron chi connectivity index (χ2n) is 6.35. The third-order valence-corrected chi connectivity index (χ3v) is 4.53. The quantitative estimate of drug-likeness (QED) is 0.784. The van der Waals surface area contributed by atoms with Gasteiger partial charge in [-0.15, -0.1) is 12.4 Å². The number of halogens is 1. The molecule has 0 bridgehead atoms. The first-order valence-corrected chi connectivity index (χ1v) is 8.81. The highest BCUT2D eigenvalue weighted by Gasteiger charge is 2.30. The average Bonchev–Trinajstić information content (AvgIpc) is 3.07. The summed E-state index contributed by atoms with van der Waals surface area (Å²) < 4.78 is 0. The molecule has 1 amide bonds. The molecule has 2 atom stereocenters. The minimum absolute atomic E-state index is 0. The summed E-state index contributed by atoms with van der Waals surface area (Å²) in [5, 5.41) is 3.32. The number of rotatable bonds is 8. The van der Waals surface area contributed by atoms with E-state index in [-0.39, 0.29) is 18.3 Å². The van der Waals surface area contributed by atoms with Gasteiger partial charge in [0.25, 0.3) is 0 Å². The van der Waals surface area contributed by atoms with Gasteiger partial charge < -0.3 is 10.2 Å². The van der Waals surface area contributed by atoms with Crippen molar-refractivity contribution in [2.45, 2.75) is 52.0 Å². The van der Waals surface area contributed by atoms with Crippen LogP contribution in [0.15, 0.2) is 30.3 Å². The van der Waals surface area contributed by atoms with Crippen molar-refractivity contribution in [2.24, 2.45) is 5.92 Å². The summed E-state index contributed by atoms with van der Waals surface area (Å²) >= 11 is 0. The molecule has 0 spiro atoms. The number of carbonyl (C=O) groups is 1. The van der Waals surface area contributed by atoms with Gasteiger partial charge in [0, 0.05) is 19.1 Å². The lowest BCUT2D eigenvalue weighted by Gasteiger charge is -2.33. The van der Waals surface area contributed by atoms with Gasteiger partial charge in [0.15, 0.2) is 0 Å². The molecular weight excluding hydrogens is 308 g/mol. The lowest BCUT2D eigenvalue weighted by atomic mass is 9.98. The number of hydrogen-bond acceptors (Lipinski definition) is 2. The van der Waals surface area contributed by atoms with Crippen LogP contribution in [0.1, 0.15) is 45.1 Å². The van der Waals surface area contributed by atoms with Crippen LogP contribution >= 0.6 is 12.4 Å². The predicted octanol–water partition coefficient (Wildman–Crippen LogP) is 3.67. The maximum atomic E-state index is 12.9. The smallest absolute Gasteiger partial charge is 0.227 e. The first-order valence-electron chi connectivity index (χ1n) is 8.81. The number of carbonyl (C=O) groups excluding carboxylic acids is 1. The van der Waals surface area contributed by atoms with Crippen molar-refractivity contribution in [1.29, 1.82) is 0 Å². The van der Waals surface area contributed by atoms with Crippen LogP contribution < -0.4 is 5.32 Å². The molecule has 1 N–H and O–H groups in total. The zero-order chi connectivity index (χ0) is 15.8. The third kappa shape index (κ3) is 5.82. The lowest BCUT2D eigenvalue weighted by molar-refractivity contribution is -0.137. The van der Waals surface area contributed by atoms with Crippen molar-refractivity contribution in [3.8, 4) is 0 Å². The Kier molecular flexibility index (Phi) is 9.27. The van der Waals surface area contributed by atoms with Crippen LogP contribution in [0.3, 0.4) is 0 Å². The van der Waals surface area contributed by atoms with Crippen LogP contribution in [-0.4, -0.2) is 36.5 Å². The molecule has 1 aliphatic rings. The van der Waals surface area contributed by atoms with E-state index in [1.165, 1.54) is 5.56 Å². The zero-order valence-electron chi connectivity index (χ0n) is 14.5. The van der Waals surface area contributed by atoms with Crippen molar-refractivity contribution in [1.82, 2.24) is 10.2 Å². The molecule has 2 rings (SSSR count). The molecule has 1 saturated heterocycles. The molecule has 2 unspecified atom stereocenters. The highest BCUT2D eigenvalue weighted by molar-refractivity contribution is 5.85. The monoisotopic (exact) mass is 338 g/mol. The fourth-order valence-corrected chi connectivity index (χ4v) is 3.40. The fourth-order valence-electron chi connectivity index (χ4n) is 3.40. The van der Waals surface area contributed by atoms with E-state index in [0.717, 1.165) is 51.7 Å². The Hall–Kier alpha value is -1.06. The van der Waals surface area contributed by atoms with E-state index in [2.05, 4.69) is 54.4 Å². The second kappa shape index (κ2) is 10.7. The van der Waals surface area contributed by atoms with Crippen LogP contribution in [0.5, 0.6) is 0 Å². The van der Waals surface area contributed by atoms with Gasteiger partial charge >= 0.3 is 0 Å². The largest absolute Gasteiger partial charge is 0.339 e. The zero-order valence-corrected chi connectivity index (χ0v) is 15.3. The lowest BCUT2D eigenvalue weighted by Crippen LogP contribution is -2.45. The number of nitrogens with zero attached hydrogens (tertiary/aromatic N) is 1. The molecule has 23 heavy (non-hydrogen) atoms. The van der Waals surface area contributed by atoms with Crippen LogP contribution in [-0.2, 0) is 11.2 Å². The van der Waals surface area contributed by atoms with Gasteiger partial charge in [-0.05, 0) is 37.8 Å². The van der Waals surface area contributed by atoms with Crippen LogP contribution in [0.2, 0.25) is 0 Å². The van der Waals surface area contributed by atoms with E-state index >= 15 is 0 Å². The van der Waals surface area contributed by atoms with E-state index in [9.17, 15) is 4.79 Å². The molecule has 0 aromatic heterocycles. The highest BCUT2D eigenvalue weighted by atomic mass is 35.5. The summed E-state index contributed by atoms with van der Waals surface area (Å²) in [5.41, 5.74) is 1.33. The average molecular weight is 339 g/mol. The van der Waals surface area contributed by atoms with Crippen molar-refractivity contribution in [3.05, 3.63) is 35.9 Å². The molecule has 4 heteroatoms. The topological polar surface area (TPSA) is 32.3 Å². The third-order valence-electron chi connectivity index (χ3n) is 4.53. The minimum atomic E-state index is 0. The molecule has 0 saturated carbocycles. The van der Waals surface area contributed by atoms with Crippen LogP contribution in [0.4, 0.5) is 0 Å². The van der Waals surface area contributed by atoms with Gasteiger partial charge in [0.1, 0.15) is 0 Å². The number of amides is 1. The first-order chi connectivity index (χ1) is 10.8. The summed E-state index contributed by atoms with van der Waals surface area (Å²) in [6.45, 7) is 7.09. The van der Waals surface area contributed by atoms with E-state index in [0.29, 0.717) is 11.9 Å². The van der Waals surface area contributed by atoms with Crippen molar-refractivity contribution >= 4 is 18.3 Å². The molecule has 1 heterocycles. The molecule has 1 aromatic carbocycles. The summed E-state index contributed by atoms with van der Waals surface area (Å²) in [4.78, 5) is 15.1. The maximum absolute atomic E-state index is 12.9. The number of benzene rings is 1. The van der Waals surface area contributed by atoms with Crippen LogP contribution in [0, 0.1) is 5.92 Å².